The molecule has 0 fully saturated rings. The van der Waals surface area contributed by atoms with Gasteiger partial charge in [-0.3, -0.25) is 9.59 Å². The number of nitrogens with one attached hydrogen (secondary N) is 1. The van der Waals surface area contributed by atoms with Crippen molar-refractivity contribution in [2.75, 3.05) is 6.54 Å². The minimum Gasteiger partial charge on any atom is -0.354 e. The van der Waals surface area contributed by atoms with E-state index in [4.69, 9.17) is 23.2 Å². The Morgan fingerprint density at radius 2 is 1.44 bits per heavy atom. The summed E-state index contributed by atoms with van der Waals surface area (Å²) in [6, 6.07) is 24.0. The van der Waals surface area contributed by atoms with Crippen molar-refractivity contribution in [3.63, 3.8) is 0 Å². The predicted octanol–water partition coefficient (Wildman–Crippen LogP) is 5.95. The van der Waals surface area contributed by atoms with Crippen molar-refractivity contribution in [3.05, 3.63) is 106 Å². The fourth-order valence-corrected chi connectivity index (χ4v) is 4.00. The molecule has 178 valence electrons. The SMILES string of the molecule is CC(C)CNC(=O)[C@@H](Cc1ccccc1)N(Cc1ccccc1)C(=O)Cc1ccc(Cl)c(Cl)c1. The van der Waals surface area contributed by atoms with Crippen LogP contribution in [0.1, 0.15) is 30.5 Å². The lowest BCUT2D eigenvalue weighted by Crippen LogP contribution is -2.51. The van der Waals surface area contributed by atoms with Gasteiger partial charge in [-0.2, -0.15) is 0 Å². The van der Waals surface area contributed by atoms with Gasteiger partial charge in [-0.1, -0.05) is 104 Å². The molecule has 1 atom stereocenters. The quantitative estimate of drug-likeness (QED) is 0.377. The van der Waals surface area contributed by atoms with Gasteiger partial charge in [-0.05, 0) is 34.7 Å². The van der Waals surface area contributed by atoms with Gasteiger partial charge < -0.3 is 10.2 Å². The van der Waals surface area contributed by atoms with Crippen LogP contribution >= 0.6 is 23.2 Å². The van der Waals surface area contributed by atoms with Crippen LogP contribution in [0.2, 0.25) is 10.0 Å². The summed E-state index contributed by atoms with van der Waals surface area (Å²) in [7, 11) is 0. The van der Waals surface area contributed by atoms with E-state index in [1.54, 1.807) is 23.1 Å². The summed E-state index contributed by atoms with van der Waals surface area (Å²) >= 11 is 12.2. The van der Waals surface area contributed by atoms with Crippen LogP contribution < -0.4 is 5.32 Å². The molecule has 0 saturated carbocycles. The smallest absolute Gasteiger partial charge is 0.243 e. The van der Waals surface area contributed by atoms with Gasteiger partial charge in [0.15, 0.2) is 0 Å². The third-order valence-corrected chi connectivity index (χ3v) is 6.23. The van der Waals surface area contributed by atoms with E-state index in [0.717, 1.165) is 16.7 Å². The second-order valence-electron chi connectivity index (χ2n) is 8.78. The van der Waals surface area contributed by atoms with E-state index < -0.39 is 6.04 Å². The Labute approximate surface area is 211 Å². The Bertz CT molecular complexity index is 1090. The zero-order valence-electron chi connectivity index (χ0n) is 19.5. The number of hydrogen-bond acceptors (Lipinski definition) is 2. The van der Waals surface area contributed by atoms with Crippen LogP contribution in [0.5, 0.6) is 0 Å². The molecule has 4 nitrogen and oxygen atoms in total. The normalized spacial score (nSPS) is 11.8. The summed E-state index contributed by atoms with van der Waals surface area (Å²) < 4.78 is 0. The maximum atomic E-state index is 13.7. The first kappa shape index (κ1) is 25.8. The highest BCUT2D eigenvalue weighted by molar-refractivity contribution is 6.42. The lowest BCUT2D eigenvalue weighted by molar-refractivity contribution is -0.140. The lowest BCUT2D eigenvalue weighted by atomic mass is 10.0. The van der Waals surface area contributed by atoms with Gasteiger partial charge in [-0.15, -0.1) is 0 Å². The molecule has 0 radical (unpaired) electrons. The van der Waals surface area contributed by atoms with Crippen LogP contribution in [0.3, 0.4) is 0 Å². The summed E-state index contributed by atoms with van der Waals surface area (Å²) in [4.78, 5) is 28.7. The van der Waals surface area contributed by atoms with Crippen LogP contribution in [0.15, 0.2) is 78.9 Å². The Morgan fingerprint density at radius 1 is 0.824 bits per heavy atom. The topological polar surface area (TPSA) is 49.4 Å². The van der Waals surface area contributed by atoms with Crippen LogP contribution in [0.4, 0.5) is 0 Å². The minimum atomic E-state index is -0.656. The van der Waals surface area contributed by atoms with E-state index >= 15 is 0 Å². The molecule has 3 aromatic rings. The zero-order valence-corrected chi connectivity index (χ0v) is 21.0. The molecule has 0 aliphatic heterocycles. The monoisotopic (exact) mass is 496 g/mol. The number of benzene rings is 3. The number of amides is 2. The number of hydrogen-bond donors (Lipinski definition) is 1. The largest absolute Gasteiger partial charge is 0.354 e. The van der Waals surface area contributed by atoms with Crippen LogP contribution in [0.25, 0.3) is 0 Å². The maximum Gasteiger partial charge on any atom is 0.243 e. The first-order valence-corrected chi connectivity index (χ1v) is 12.2. The highest BCUT2D eigenvalue weighted by Crippen LogP contribution is 2.24. The standard InChI is InChI=1S/C28H30Cl2N2O2/c1-20(2)18-31-28(34)26(16-21-9-5-3-6-10-21)32(19-22-11-7-4-8-12-22)27(33)17-23-13-14-24(29)25(30)15-23/h3-15,20,26H,16-19H2,1-2H3,(H,31,34)/t26-/m1/s1. The average Bonchev–Trinajstić information content (AvgIpc) is 2.83. The molecule has 3 aromatic carbocycles. The van der Waals surface area contributed by atoms with E-state index in [1.807, 2.05) is 74.5 Å². The second-order valence-corrected chi connectivity index (χ2v) is 9.59. The molecular weight excluding hydrogens is 467 g/mol. The first-order valence-electron chi connectivity index (χ1n) is 11.4. The van der Waals surface area contributed by atoms with Gasteiger partial charge in [0.2, 0.25) is 11.8 Å². The summed E-state index contributed by atoms with van der Waals surface area (Å²) in [5, 5.41) is 3.87. The van der Waals surface area contributed by atoms with Crippen LogP contribution in [-0.4, -0.2) is 29.3 Å². The number of carbonyl (C=O) groups is 2. The molecule has 0 saturated heterocycles. The molecule has 0 unspecified atom stereocenters. The number of nitrogens with zero attached hydrogens (tertiary/aromatic N) is 1. The second kappa shape index (κ2) is 12.6. The molecule has 3 rings (SSSR count). The Morgan fingerprint density at radius 3 is 2.03 bits per heavy atom. The Balaban J connectivity index is 1.94. The number of rotatable bonds is 10. The average molecular weight is 497 g/mol. The highest BCUT2D eigenvalue weighted by atomic mass is 35.5. The van der Waals surface area contributed by atoms with Crippen molar-refractivity contribution in [1.82, 2.24) is 10.2 Å². The molecular formula is C28H30Cl2N2O2. The summed E-state index contributed by atoms with van der Waals surface area (Å²) in [6.45, 7) is 4.96. The number of carbonyl (C=O) groups excluding carboxylic acids is 2. The minimum absolute atomic E-state index is 0.118. The van der Waals surface area contributed by atoms with Crippen molar-refractivity contribution >= 4 is 35.0 Å². The van der Waals surface area contributed by atoms with Gasteiger partial charge >= 0.3 is 0 Å². The molecule has 0 aromatic heterocycles. The predicted molar refractivity (Wildman–Crippen MR) is 139 cm³/mol. The van der Waals surface area contributed by atoms with Crippen molar-refractivity contribution in [2.24, 2.45) is 5.92 Å². The zero-order chi connectivity index (χ0) is 24.5. The molecule has 0 spiro atoms. The third kappa shape index (κ3) is 7.61. The van der Waals surface area contributed by atoms with E-state index in [2.05, 4.69) is 5.32 Å². The molecule has 0 bridgehead atoms. The molecule has 0 aliphatic rings. The number of halogens is 2. The summed E-state index contributed by atoms with van der Waals surface area (Å²) in [5.41, 5.74) is 2.70. The van der Waals surface area contributed by atoms with Crippen molar-refractivity contribution in [2.45, 2.75) is 39.3 Å². The molecule has 6 heteroatoms. The van der Waals surface area contributed by atoms with E-state index in [-0.39, 0.29) is 18.2 Å². The van der Waals surface area contributed by atoms with Crippen molar-refractivity contribution in [1.29, 1.82) is 0 Å². The van der Waals surface area contributed by atoms with Gasteiger partial charge in [-0.25, -0.2) is 0 Å². The Hall–Kier alpha value is -2.82. The maximum absolute atomic E-state index is 13.7. The van der Waals surface area contributed by atoms with Gasteiger partial charge in [0.05, 0.1) is 16.5 Å². The van der Waals surface area contributed by atoms with Crippen LogP contribution in [0, 0.1) is 5.92 Å². The van der Waals surface area contributed by atoms with Crippen molar-refractivity contribution in [3.8, 4) is 0 Å². The molecule has 1 N–H and O–H groups in total. The lowest BCUT2D eigenvalue weighted by Gasteiger charge is -2.32. The fourth-order valence-electron chi connectivity index (χ4n) is 3.68. The molecule has 0 aliphatic carbocycles. The molecule has 2 amide bonds. The molecule has 0 heterocycles. The van der Waals surface area contributed by atoms with E-state index in [9.17, 15) is 9.59 Å². The Kier molecular flexibility index (Phi) is 9.55. The van der Waals surface area contributed by atoms with Gasteiger partial charge in [0, 0.05) is 19.5 Å². The first-order chi connectivity index (χ1) is 16.3. The van der Waals surface area contributed by atoms with E-state index in [0.29, 0.717) is 35.5 Å². The van der Waals surface area contributed by atoms with Gasteiger partial charge in [0.25, 0.3) is 0 Å². The van der Waals surface area contributed by atoms with E-state index in [1.165, 1.54) is 0 Å². The highest BCUT2D eigenvalue weighted by Gasteiger charge is 2.30. The summed E-state index contributed by atoms with van der Waals surface area (Å²) in [5.74, 6) is -0.00495. The van der Waals surface area contributed by atoms with Crippen molar-refractivity contribution < 1.29 is 9.59 Å². The van der Waals surface area contributed by atoms with Crippen LogP contribution in [-0.2, 0) is 29.0 Å². The summed E-state index contributed by atoms with van der Waals surface area (Å²) in [6.07, 6.45) is 0.539. The fraction of sp³-hybridized carbons (Fsp3) is 0.286. The third-order valence-electron chi connectivity index (χ3n) is 5.49. The van der Waals surface area contributed by atoms with Gasteiger partial charge in [0.1, 0.15) is 6.04 Å². The molecule has 34 heavy (non-hydrogen) atoms.